The Balaban J connectivity index is 2.24. The van der Waals surface area contributed by atoms with Gasteiger partial charge in [-0.15, -0.1) is 0 Å². The van der Waals surface area contributed by atoms with Crippen molar-refractivity contribution in [3.63, 3.8) is 0 Å². The first kappa shape index (κ1) is 10.8. The molecule has 0 aromatic heterocycles. The molecule has 0 unspecified atom stereocenters. The topological polar surface area (TPSA) is 3.24 Å². The Hall–Kier alpha value is -0.300. The first-order valence-electron chi connectivity index (χ1n) is 5.65. The summed E-state index contributed by atoms with van der Waals surface area (Å²) in [6.45, 7) is 12.3. The number of nitrogens with zero attached hydrogens (tertiary/aromatic N) is 1. The van der Waals surface area contributed by atoms with E-state index >= 15 is 0 Å². The zero-order valence-electron chi connectivity index (χ0n) is 9.18. The fourth-order valence-corrected chi connectivity index (χ4v) is 2.12. The van der Waals surface area contributed by atoms with Crippen LogP contribution in [0.3, 0.4) is 0 Å². The molecule has 0 radical (unpaired) electrons. The van der Waals surface area contributed by atoms with Crippen LogP contribution >= 0.6 is 0 Å². The van der Waals surface area contributed by atoms with E-state index in [1.54, 1.807) is 0 Å². The molecule has 1 heteroatoms. The van der Waals surface area contributed by atoms with Crippen molar-refractivity contribution in [3.8, 4) is 0 Å². The second-order valence-electron chi connectivity index (χ2n) is 4.18. The Bertz CT molecular complexity index is 149. The van der Waals surface area contributed by atoms with Gasteiger partial charge in [0.1, 0.15) is 0 Å². The van der Waals surface area contributed by atoms with Crippen LogP contribution in [-0.4, -0.2) is 24.5 Å². The van der Waals surface area contributed by atoms with E-state index < -0.39 is 0 Å². The van der Waals surface area contributed by atoms with Crippen LogP contribution in [0.1, 0.15) is 39.5 Å². The molecule has 0 bridgehead atoms. The third-order valence-corrected chi connectivity index (χ3v) is 3.22. The summed E-state index contributed by atoms with van der Waals surface area (Å²) in [6.07, 6.45) is 5.28. The molecular formula is C12H23N. The summed E-state index contributed by atoms with van der Waals surface area (Å²) in [6, 6.07) is 0. The molecule has 1 aliphatic carbocycles. The zero-order valence-corrected chi connectivity index (χ0v) is 9.18. The highest BCUT2D eigenvalue weighted by Crippen LogP contribution is 2.27. The van der Waals surface area contributed by atoms with Crippen molar-refractivity contribution < 1.29 is 0 Å². The van der Waals surface area contributed by atoms with Gasteiger partial charge in [-0.05, 0) is 44.7 Å². The van der Waals surface area contributed by atoms with Gasteiger partial charge in [0.2, 0.25) is 0 Å². The van der Waals surface area contributed by atoms with E-state index in [2.05, 4.69) is 25.3 Å². The SMILES string of the molecule is C=C1CCC(CN(CC)CC)CC1. The van der Waals surface area contributed by atoms with Gasteiger partial charge < -0.3 is 4.90 Å². The lowest BCUT2D eigenvalue weighted by atomic mass is 9.86. The van der Waals surface area contributed by atoms with Gasteiger partial charge in [-0.2, -0.15) is 0 Å². The van der Waals surface area contributed by atoms with Crippen LogP contribution in [0, 0.1) is 5.92 Å². The molecule has 0 aromatic carbocycles. The summed E-state index contributed by atoms with van der Waals surface area (Å²) in [7, 11) is 0. The number of hydrogen-bond acceptors (Lipinski definition) is 1. The molecule has 0 aliphatic heterocycles. The Labute approximate surface area is 82.8 Å². The summed E-state index contributed by atoms with van der Waals surface area (Å²) < 4.78 is 0. The average molecular weight is 181 g/mol. The van der Waals surface area contributed by atoms with Gasteiger partial charge in [0.05, 0.1) is 0 Å². The third-order valence-electron chi connectivity index (χ3n) is 3.22. The lowest BCUT2D eigenvalue weighted by Gasteiger charge is -2.28. The summed E-state index contributed by atoms with van der Waals surface area (Å²) in [4.78, 5) is 2.54. The average Bonchev–Trinajstić information content (AvgIpc) is 2.17. The number of allylic oxidation sites excluding steroid dienone is 1. The molecule has 1 nitrogen and oxygen atoms in total. The van der Waals surface area contributed by atoms with E-state index in [0.29, 0.717) is 0 Å². The first-order chi connectivity index (χ1) is 6.26. The van der Waals surface area contributed by atoms with E-state index in [9.17, 15) is 0 Å². The van der Waals surface area contributed by atoms with Gasteiger partial charge in [0, 0.05) is 6.54 Å². The van der Waals surface area contributed by atoms with E-state index in [0.717, 1.165) is 5.92 Å². The van der Waals surface area contributed by atoms with Crippen LogP contribution in [0.5, 0.6) is 0 Å². The minimum Gasteiger partial charge on any atom is -0.304 e. The standard InChI is InChI=1S/C12H23N/c1-4-13(5-2)10-12-8-6-11(3)7-9-12/h12H,3-10H2,1-2H3. The van der Waals surface area contributed by atoms with Crippen LogP contribution in [0.15, 0.2) is 12.2 Å². The van der Waals surface area contributed by atoms with Crippen LogP contribution in [0.25, 0.3) is 0 Å². The predicted molar refractivity (Wildman–Crippen MR) is 58.9 cm³/mol. The summed E-state index contributed by atoms with van der Waals surface area (Å²) in [5, 5.41) is 0. The smallest absolute Gasteiger partial charge is 0.000965 e. The van der Waals surface area contributed by atoms with Gasteiger partial charge in [-0.1, -0.05) is 26.0 Å². The van der Waals surface area contributed by atoms with Crippen molar-refractivity contribution in [3.05, 3.63) is 12.2 Å². The Morgan fingerprint density at radius 3 is 2.23 bits per heavy atom. The molecular weight excluding hydrogens is 158 g/mol. The molecule has 1 saturated carbocycles. The zero-order chi connectivity index (χ0) is 9.68. The van der Waals surface area contributed by atoms with Crippen molar-refractivity contribution in [2.24, 2.45) is 5.92 Å². The minimum atomic E-state index is 0.936. The predicted octanol–water partition coefficient (Wildman–Crippen LogP) is 3.07. The van der Waals surface area contributed by atoms with Gasteiger partial charge in [-0.3, -0.25) is 0 Å². The van der Waals surface area contributed by atoms with Crippen LogP contribution in [0.2, 0.25) is 0 Å². The maximum atomic E-state index is 4.05. The second kappa shape index (κ2) is 5.43. The molecule has 1 fully saturated rings. The van der Waals surface area contributed by atoms with Crippen molar-refractivity contribution in [2.75, 3.05) is 19.6 Å². The molecule has 76 valence electrons. The molecule has 0 spiro atoms. The number of rotatable bonds is 4. The molecule has 13 heavy (non-hydrogen) atoms. The maximum Gasteiger partial charge on any atom is 0.000965 e. The maximum absolute atomic E-state index is 4.05. The highest BCUT2D eigenvalue weighted by molar-refractivity contribution is 4.98. The van der Waals surface area contributed by atoms with Gasteiger partial charge in [0.15, 0.2) is 0 Å². The van der Waals surface area contributed by atoms with Crippen molar-refractivity contribution in [1.82, 2.24) is 4.90 Å². The summed E-state index contributed by atoms with van der Waals surface area (Å²) >= 11 is 0. The fraction of sp³-hybridized carbons (Fsp3) is 0.833. The van der Waals surface area contributed by atoms with Crippen LogP contribution < -0.4 is 0 Å². The summed E-state index contributed by atoms with van der Waals surface area (Å²) in [5.41, 5.74) is 1.47. The second-order valence-corrected chi connectivity index (χ2v) is 4.18. The molecule has 0 heterocycles. The van der Waals surface area contributed by atoms with Crippen molar-refractivity contribution in [1.29, 1.82) is 0 Å². The third kappa shape index (κ3) is 3.51. The van der Waals surface area contributed by atoms with E-state index in [1.165, 1.54) is 50.9 Å². The Morgan fingerprint density at radius 1 is 1.23 bits per heavy atom. The monoisotopic (exact) mass is 181 g/mol. The molecule has 0 amide bonds. The molecule has 0 atom stereocenters. The van der Waals surface area contributed by atoms with E-state index in [1.807, 2.05) is 0 Å². The van der Waals surface area contributed by atoms with Gasteiger partial charge in [0.25, 0.3) is 0 Å². The fourth-order valence-electron chi connectivity index (χ4n) is 2.12. The van der Waals surface area contributed by atoms with Crippen LogP contribution in [0.4, 0.5) is 0 Å². The molecule has 0 aromatic rings. The lowest BCUT2D eigenvalue weighted by molar-refractivity contribution is 0.228. The number of hydrogen-bond donors (Lipinski definition) is 0. The van der Waals surface area contributed by atoms with Crippen molar-refractivity contribution >= 4 is 0 Å². The first-order valence-corrected chi connectivity index (χ1v) is 5.65. The molecule has 0 saturated heterocycles. The van der Waals surface area contributed by atoms with E-state index in [-0.39, 0.29) is 0 Å². The van der Waals surface area contributed by atoms with Crippen molar-refractivity contribution in [2.45, 2.75) is 39.5 Å². The summed E-state index contributed by atoms with van der Waals surface area (Å²) in [5.74, 6) is 0.936. The lowest BCUT2D eigenvalue weighted by Crippen LogP contribution is -2.30. The normalized spacial score (nSPS) is 19.8. The molecule has 0 N–H and O–H groups in total. The highest BCUT2D eigenvalue weighted by atomic mass is 15.1. The largest absolute Gasteiger partial charge is 0.304 e. The van der Waals surface area contributed by atoms with Gasteiger partial charge >= 0.3 is 0 Å². The minimum absolute atomic E-state index is 0.936. The Morgan fingerprint density at radius 2 is 1.77 bits per heavy atom. The Kier molecular flexibility index (Phi) is 4.51. The van der Waals surface area contributed by atoms with E-state index in [4.69, 9.17) is 0 Å². The van der Waals surface area contributed by atoms with Crippen LogP contribution in [-0.2, 0) is 0 Å². The van der Waals surface area contributed by atoms with Gasteiger partial charge in [-0.25, -0.2) is 0 Å². The molecule has 1 rings (SSSR count). The highest BCUT2D eigenvalue weighted by Gasteiger charge is 2.17. The molecule has 1 aliphatic rings. The quantitative estimate of drug-likeness (QED) is 0.602.